The largest absolute Gasteiger partial charge is 0.365 e. The van der Waals surface area contributed by atoms with Crippen LogP contribution in [0.5, 0.6) is 0 Å². The van der Waals surface area contributed by atoms with Crippen LogP contribution in [0.25, 0.3) is 5.69 Å². The molecule has 186 valence electrons. The summed E-state index contributed by atoms with van der Waals surface area (Å²) in [6, 6.07) is 2.31. The summed E-state index contributed by atoms with van der Waals surface area (Å²) >= 11 is 0. The molecule has 1 amide bonds. The second kappa shape index (κ2) is 10.3. The predicted molar refractivity (Wildman–Crippen MR) is 131 cm³/mol. The molecule has 3 aromatic heterocycles. The first-order valence-electron chi connectivity index (χ1n) is 11.7. The van der Waals surface area contributed by atoms with Crippen LogP contribution in [0.2, 0.25) is 0 Å². The Hall–Kier alpha value is -3.64. The molecule has 0 radical (unpaired) electrons. The average molecular weight is 483 g/mol. The second-order valence-electron chi connectivity index (χ2n) is 8.97. The molecule has 7 N–H and O–H groups in total. The molecule has 11 nitrogen and oxygen atoms in total. The van der Waals surface area contributed by atoms with E-state index in [0.29, 0.717) is 23.0 Å². The van der Waals surface area contributed by atoms with Crippen LogP contribution in [0.3, 0.4) is 0 Å². The number of anilines is 3. The minimum absolute atomic E-state index is 0.0153. The van der Waals surface area contributed by atoms with Gasteiger partial charge in [0.2, 0.25) is 0 Å². The van der Waals surface area contributed by atoms with E-state index in [1.54, 1.807) is 13.0 Å². The highest BCUT2D eigenvalue weighted by atomic mass is 19.1. The summed E-state index contributed by atoms with van der Waals surface area (Å²) in [6.07, 6.45) is 10.0. The van der Waals surface area contributed by atoms with Gasteiger partial charge in [-0.25, -0.2) is 15.2 Å². The van der Waals surface area contributed by atoms with Crippen molar-refractivity contribution in [3.63, 3.8) is 0 Å². The molecule has 0 aromatic carbocycles. The Balaban J connectivity index is 1.72. The van der Waals surface area contributed by atoms with Crippen LogP contribution in [0.15, 0.2) is 30.7 Å². The van der Waals surface area contributed by atoms with Crippen molar-refractivity contribution in [2.75, 3.05) is 10.3 Å². The molecule has 35 heavy (non-hydrogen) atoms. The minimum Gasteiger partial charge on any atom is -0.365 e. The predicted octanol–water partition coefficient (Wildman–Crippen LogP) is 2.32. The SMILES string of the molecule is Cc1ncc(N(N)c2nc(N[C@H](C3CCCCC3)[C@H](C)N)c(F)cc2C(N)=O)cc1-n1nccn1. The van der Waals surface area contributed by atoms with E-state index in [-0.39, 0.29) is 29.3 Å². The molecule has 2 atom stereocenters. The summed E-state index contributed by atoms with van der Waals surface area (Å²) in [5.74, 6) is 5.05. The van der Waals surface area contributed by atoms with Gasteiger partial charge in [0.1, 0.15) is 5.69 Å². The number of hydrazine groups is 1. The van der Waals surface area contributed by atoms with E-state index in [9.17, 15) is 4.79 Å². The number of rotatable bonds is 8. The molecule has 3 heterocycles. The standard InChI is InChI=1S/C23H31FN10O/c1-13(25)20(15-6-4-3-5-7-15)31-22-18(24)11-17(21(26)35)23(32-22)33(27)16-10-19(14(2)28-12-16)34-29-8-9-30-34/h8-13,15,20H,3-7,25,27H2,1-2H3,(H2,26,35)(H,31,32)/t13-,20-/m0/s1. The lowest BCUT2D eigenvalue weighted by molar-refractivity contribution is 0.1000. The monoisotopic (exact) mass is 482 g/mol. The number of aryl methyl sites for hydroxylation is 1. The lowest BCUT2D eigenvalue weighted by Crippen LogP contribution is -2.44. The van der Waals surface area contributed by atoms with Gasteiger partial charge in [0.05, 0.1) is 35.5 Å². The molecule has 0 bridgehead atoms. The molecular weight excluding hydrogens is 451 g/mol. The summed E-state index contributed by atoms with van der Waals surface area (Å²) in [4.78, 5) is 22.3. The van der Waals surface area contributed by atoms with E-state index in [2.05, 4.69) is 25.5 Å². The zero-order valence-corrected chi connectivity index (χ0v) is 19.9. The molecule has 0 spiro atoms. The van der Waals surface area contributed by atoms with E-state index in [4.69, 9.17) is 17.3 Å². The zero-order valence-electron chi connectivity index (χ0n) is 19.9. The van der Waals surface area contributed by atoms with Crippen molar-refractivity contribution in [1.29, 1.82) is 0 Å². The minimum atomic E-state index is -0.863. The number of hydrogen-bond acceptors (Lipinski definition) is 9. The van der Waals surface area contributed by atoms with Gasteiger partial charge >= 0.3 is 0 Å². The Morgan fingerprint density at radius 1 is 1.23 bits per heavy atom. The Kier molecular flexibility index (Phi) is 7.22. The fourth-order valence-corrected chi connectivity index (χ4v) is 4.58. The van der Waals surface area contributed by atoms with Gasteiger partial charge in [-0.05, 0) is 44.7 Å². The van der Waals surface area contributed by atoms with Crippen molar-refractivity contribution >= 4 is 23.2 Å². The third kappa shape index (κ3) is 5.23. The first-order valence-corrected chi connectivity index (χ1v) is 11.7. The van der Waals surface area contributed by atoms with Crippen LogP contribution in [0.1, 0.15) is 55.1 Å². The summed E-state index contributed by atoms with van der Waals surface area (Å²) < 4.78 is 15.1. The van der Waals surface area contributed by atoms with E-state index < -0.39 is 11.7 Å². The molecule has 1 fully saturated rings. The van der Waals surface area contributed by atoms with E-state index in [0.717, 1.165) is 36.8 Å². The van der Waals surface area contributed by atoms with E-state index in [1.807, 2.05) is 6.92 Å². The molecule has 4 rings (SSSR count). The van der Waals surface area contributed by atoms with Crippen LogP contribution >= 0.6 is 0 Å². The van der Waals surface area contributed by atoms with Crippen molar-refractivity contribution in [1.82, 2.24) is 25.0 Å². The number of nitrogens with two attached hydrogens (primary N) is 3. The second-order valence-corrected chi connectivity index (χ2v) is 8.97. The van der Waals surface area contributed by atoms with Crippen molar-refractivity contribution in [3.8, 4) is 5.69 Å². The highest BCUT2D eigenvalue weighted by molar-refractivity contribution is 5.98. The maximum absolute atomic E-state index is 15.1. The number of carbonyl (C=O) groups is 1. The Morgan fingerprint density at radius 2 is 1.91 bits per heavy atom. The molecule has 0 saturated heterocycles. The van der Waals surface area contributed by atoms with Gasteiger partial charge in [0.25, 0.3) is 5.91 Å². The lowest BCUT2D eigenvalue weighted by Gasteiger charge is -2.34. The first-order chi connectivity index (χ1) is 16.8. The lowest BCUT2D eigenvalue weighted by atomic mass is 9.81. The summed E-state index contributed by atoms with van der Waals surface area (Å²) in [5.41, 5.74) is 13.3. The fraction of sp³-hybridized carbons (Fsp3) is 0.435. The Morgan fingerprint density at radius 3 is 2.54 bits per heavy atom. The Bertz CT molecular complexity index is 1180. The van der Waals surface area contributed by atoms with Gasteiger partial charge in [-0.2, -0.15) is 10.2 Å². The summed E-state index contributed by atoms with van der Waals surface area (Å²) in [7, 11) is 0. The zero-order chi connectivity index (χ0) is 25.1. The molecule has 0 aliphatic heterocycles. The van der Waals surface area contributed by atoms with Crippen molar-refractivity contribution in [2.45, 2.75) is 58.0 Å². The Labute approximate surface area is 202 Å². The maximum Gasteiger partial charge on any atom is 0.252 e. The number of hydrogen-bond donors (Lipinski definition) is 4. The quantitative estimate of drug-likeness (QED) is 0.278. The highest BCUT2D eigenvalue weighted by Gasteiger charge is 2.29. The number of pyridine rings is 2. The molecular formula is C23H31FN10O. The topological polar surface area (TPSA) is 167 Å². The van der Waals surface area contributed by atoms with E-state index in [1.165, 1.54) is 29.8 Å². The molecule has 1 aliphatic carbocycles. The maximum atomic E-state index is 15.1. The van der Waals surface area contributed by atoms with Crippen LogP contribution in [-0.2, 0) is 0 Å². The number of primary amides is 1. The molecule has 12 heteroatoms. The molecule has 1 aliphatic rings. The smallest absolute Gasteiger partial charge is 0.252 e. The van der Waals surface area contributed by atoms with Gasteiger partial charge in [-0.15, -0.1) is 4.80 Å². The van der Waals surface area contributed by atoms with Crippen molar-refractivity contribution < 1.29 is 9.18 Å². The number of nitrogens with one attached hydrogen (secondary N) is 1. The van der Waals surface area contributed by atoms with Gasteiger partial charge < -0.3 is 16.8 Å². The van der Waals surface area contributed by atoms with Crippen LogP contribution in [0, 0.1) is 18.7 Å². The molecule has 3 aromatic rings. The number of halogens is 1. The third-order valence-electron chi connectivity index (χ3n) is 6.44. The number of aromatic nitrogens is 5. The van der Waals surface area contributed by atoms with E-state index >= 15 is 4.39 Å². The first kappa shape index (κ1) is 24.5. The van der Waals surface area contributed by atoms with Gasteiger partial charge in [-0.1, -0.05) is 19.3 Å². The normalized spacial score (nSPS) is 16.0. The van der Waals surface area contributed by atoms with Crippen LogP contribution in [-0.4, -0.2) is 43.0 Å². The van der Waals surface area contributed by atoms with Gasteiger partial charge in [0, 0.05) is 12.1 Å². The summed E-state index contributed by atoms with van der Waals surface area (Å²) in [6.45, 7) is 3.69. The van der Waals surface area contributed by atoms with Crippen LogP contribution in [0.4, 0.5) is 21.7 Å². The fourth-order valence-electron chi connectivity index (χ4n) is 4.58. The van der Waals surface area contributed by atoms with Crippen molar-refractivity contribution in [3.05, 3.63) is 47.8 Å². The third-order valence-corrected chi connectivity index (χ3v) is 6.44. The van der Waals surface area contributed by atoms with Crippen LogP contribution < -0.4 is 27.6 Å². The number of amides is 1. The average Bonchev–Trinajstić information content (AvgIpc) is 3.38. The van der Waals surface area contributed by atoms with Gasteiger partial charge in [0.15, 0.2) is 17.5 Å². The highest BCUT2D eigenvalue weighted by Crippen LogP contribution is 2.32. The van der Waals surface area contributed by atoms with Crippen molar-refractivity contribution in [2.24, 2.45) is 23.2 Å². The molecule has 1 saturated carbocycles. The number of nitrogens with zero attached hydrogens (tertiary/aromatic N) is 6. The van der Waals surface area contributed by atoms with Gasteiger partial charge in [-0.3, -0.25) is 14.8 Å². The summed E-state index contributed by atoms with van der Waals surface area (Å²) in [5, 5.41) is 12.6. The molecule has 0 unspecified atom stereocenters. The number of carbonyl (C=O) groups excluding carboxylic acids is 1.